The molecule has 4 aromatic heterocycles. The maximum absolute atomic E-state index is 4.74. The zero-order chi connectivity index (χ0) is 20.8. The molecule has 6 heterocycles. The lowest BCUT2D eigenvalue weighted by Crippen LogP contribution is -1.84. The molecular formula is C25H16BrN5. The fraction of sp³-hybridized carbons (Fsp3) is 0. The minimum Gasteiger partial charge on any atom is -0.355 e. The normalized spacial score (nSPS) is 12.4. The van der Waals surface area contributed by atoms with Crippen LogP contribution in [0.15, 0.2) is 65.3 Å². The molecule has 148 valence electrons. The van der Waals surface area contributed by atoms with Crippen LogP contribution < -0.4 is 0 Å². The quantitative estimate of drug-likeness (QED) is 0.291. The van der Waals surface area contributed by atoms with Crippen molar-refractivity contribution in [3.63, 3.8) is 0 Å². The highest BCUT2D eigenvalue weighted by molar-refractivity contribution is 9.10. The first-order valence-corrected chi connectivity index (χ1v) is 10.7. The van der Waals surface area contributed by atoms with Gasteiger partial charge < -0.3 is 9.97 Å². The van der Waals surface area contributed by atoms with E-state index in [9.17, 15) is 0 Å². The Bertz CT molecular complexity index is 1450. The van der Waals surface area contributed by atoms with Crippen LogP contribution in [-0.4, -0.2) is 24.9 Å². The van der Waals surface area contributed by atoms with E-state index in [2.05, 4.69) is 55.1 Å². The number of pyridine rings is 1. The Hall–Kier alpha value is -3.77. The summed E-state index contributed by atoms with van der Waals surface area (Å²) in [5.74, 6) is 0. The summed E-state index contributed by atoms with van der Waals surface area (Å²) in [6.45, 7) is 0. The van der Waals surface area contributed by atoms with E-state index in [0.29, 0.717) is 0 Å². The fourth-order valence-corrected chi connectivity index (χ4v) is 4.27. The smallest absolute Gasteiger partial charge is 0.0801 e. The molecule has 0 saturated carbocycles. The van der Waals surface area contributed by atoms with Gasteiger partial charge in [-0.25, -0.2) is 9.97 Å². The lowest BCUT2D eigenvalue weighted by atomic mass is 10.1. The summed E-state index contributed by atoms with van der Waals surface area (Å²) in [6.07, 6.45) is 9.82. The first kappa shape index (κ1) is 18.0. The molecule has 2 N–H and O–H groups in total. The molecule has 0 amide bonds. The van der Waals surface area contributed by atoms with Crippen LogP contribution in [0, 0.1) is 0 Å². The number of halogens is 1. The first-order chi connectivity index (χ1) is 15.2. The molecule has 2 aliphatic rings. The van der Waals surface area contributed by atoms with Gasteiger partial charge in [-0.05, 0) is 88.8 Å². The van der Waals surface area contributed by atoms with Gasteiger partial charge in [0.05, 0.1) is 44.0 Å². The lowest BCUT2D eigenvalue weighted by molar-refractivity contribution is 1.25. The Balaban J connectivity index is 1.74. The number of nitrogens with one attached hydrogen (secondary N) is 2. The summed E-state index contributed by atoms with van der Waals surface area (Å²) in [4.78, 5) is 21.1. The third-order valence-electron chi connectivity index (χ3n) is 5.26. The molecule has 0 spiro atoms. The molecule has 5 nitrogen and oxygen atoms in total. The van der Waals surface area contributed by atoms with E-state index in [-0.39, 0.29) is 0 Å². The Morgan fingerprint density at radius 1 is 0.677 bits per heavy atom. The van der Waals surface area contributed by atoms with E-state index in [4.69, 9.17) is 9.97 Å². The predicted molar refractivity (Wildman–Crippen MR) is 130 cm³/mol. The Morgan fingerprint density at radius 3 is 1.84 bits per heavy atom. The number of hydrogen-bond acceptors (Lipinski definition) is 3. The molecule has 0 aliphatic carbocycles. The van der Waals surface area contributed by atoms with Gasteiger partial charge in [0.15, 0.2) is 0 Å². The second kappa shape index (κ2) is 7.18. The lowest BCUT2D eigenvalue weighted by Gasteiger charge is -2.01. The second-order valence-electron chi connectivity index (χ2n) is 7.36. The van der Waals surface area contributed by atoms with Crippen molar-refractivity contribution < 1.29 is 0 Å². The number of aromatic nitrogens is 5. The van der Waals surface area contributed by atoms with Gasteiger partial charge in [-0.15, -0.1) is 0 Å². The highest BCUT2D eigenvalue weighted by atomic mass is 79.9. The molecule has 0 fully saturated rings. The molecule has 2 aliphatic heterocycles. The topological polar surface area (TPSA) is 70.2 Å². The number of H-pyrrole nitrogens is 2. The summed E-state index contributed by atoms with van der Waals surface area (Å²) < 4.78 is 0.879. The average molecular weight is 466 g/mol. The summed E-state index contributed by atoms with van der Waals surface area (Å²) in [6, 6.07) is 18.3. The highest BCUT2D eigenvalue weighted by Gasteiger charge is 2.10. The largest absolute Gasteiger partial charge is 0.355 e. The number of hydrogen-bond donors (Lipinski definition) is 2. The van der Waals surface area contributed by atoms with E-state index >= 15 is 0 Å². The Kier molecular flexibility index (Phi) is 4.18. The number of fused-ring (bicyclic) bond motifs is 8. The van der Waals surface area contributed by atoms with Crippen LogP contribution in [0.1, 0.15) is 22.8 Å². The molecule has 0 unspecified atom stereocenters. The molecule has 0 radical (unpaired) electrons. The maximum Gasteiger partial charge on any atom is 0.0801 e. The predicted octanol–water partition coefficient (Wildman–Crippen LogP) is 6.48. The van der Waals surface area contributed by atoms with Crippen molar-refractivity contribution in [1.29, 1.82) is 0 Å². The highest BCUT2D eigenvalue weighted by Crippen LogP contribution is 2.29. The molecule has 0 atom stereocenters. The SMILES string of the molecule is Brc1c2nc(cc3ccc([nH]3)c(-c3ccccn3)c3ccc(cc4nc1C=C4)[nH]3)C=C2. The Morgan fingerprint density at radius 2 is 1.29 bits per heavy atom. The zero-order valence-electron chi connectivity index (χ0n) is 16.3. The summed E-state index contributed by atoms with van der Waals surface area (Å²) in [5.41, 5.74) is 9.31. The second-order valence-corrected chi connectivity index (χ2v) is 8.15. The van der Waals surface area contributed by atoms with Crippen molar-refractivity contribution in [2.45, 2.75) is 0 Å². The van der Waals surface area contributed by atoms with E-state index in [1.807, 2.05) is 60.8 Å². The van der Waals surface area contributed by atoms with E-state index in [1.165, 1.54) is 0 Å². The van der Waals surface area contributed by atoms with Gasteiger partial charge in [-0.2, -0.15) is 0 Å². The number of nitrogens with zero attached hydrogens (tertiary/aromatic N) is 3. The number of aromatic amines is 2. The molecule has 0 saturated heterocycles. The molecule has 31 heavy (non-hydrogen) atoms. The monoisotopic (exact) mass is 465 g/mol. The van der Waals surface area contributed by atoms with Gasteiger partial charge in [-0.1, -0.05) is 6.07 Å². The van der Waals surface area contributed by atoms with Gasteiger partial charge in [0.1, 0.15) is 0 Å². The van der Waals surface area contributed by atoms with Gasteiger partial charge in [0.2, 0.25) is 0 Å². The van der Waals surface area contributed by atoms with Crippen LogP contribution in [0.25, 0.3) is 57.6 Å². The van der Waals surface area contributed by atoms with Crippen molar-refractivity contribution in [2.24, 2.45) is 0 Å². The van der Waals surface area contributed by atoms with Gasteiger partial charge in [0, 0.05) is 22.8 Å². The van der Waals surface area contributed by atoms with Crippen molar-refractivity contribution in [3.05, 3.63) is 88.0 Å². The van der Waals surface area contributed by atoms with Crippen LogP contribution in [0.3, 0.4) is 0 Å². The minimum atomic E-state index is 0.859. The average Bonchev–Trinajstić information content (AvgIpc) is 3.58. The zero-order valence-corrected chi connectivity index (χ0v) is 17.9. The molecular weight excluding hydrogens is 450 g/mol. The van der Waals surface area contributed by atoms with E-state index in [1.54, 1.807) is 0 Å². The minimum absolute atomic E-state index is 0.859. The summed E-state index contributed by atoms with van der Waals surface area (Å²) in [5, 5.41) is 0. The van der Waals surface area contributed by atoms with E-state index < -0.39 is 0 Å². The van der Waals surface area contributed by atoms with Gasteiger partial charge >= 0.3 is 0 Å². The van der Waals surface area contributed by atoms with Crippen LogP contribution in [0.4, 0.5) is 0 Å². The van der Waals surface area contributed by atoms with Crippen molar-refractivity contribution in [1.82, 2.24) is 24.9 Å². The molecule has 6 rings (SSSR count). The van der Waals surface area contributed by atoms with Crippen LogP contribution >= 0.6 is 15.9 Å². The summed E-state index contributed by atoms with van der Waals surface area (Å²) >= 11 is 3.67. The van der Waals surface area contributed by atoms with Crippen molar-refractivity contribution in [2.75, 3.05) is 0 Å². The van der Waals surface area contributed by atoms with E-state index in [0.717, 1.165) is 60.6 Å². The number of rotatable bonds is 1. The van der Waals surface area contributed by atoms with Crippen LogP contribution in [-0.2, 0) is 0 Å². The van der Waals surface area contributed by atoms with Crippen LogP contribution in [0.5, 0.6) is 0 Å². The molecule has 4 aromatic rings. The maximum atomic E-state index is 4.74. The van der Waals surface area contributed by atoms with Crippen molar-refractivity contribution in [3.8, 4) is 11.3 Å². The Labute approximate surface area is 186 Å². The van der Waals surface area contributed by atoms with Gasteiger partial charge in [-0.3, -0.25) is 4.98 Å². The molecule has 6 heteroatoms. The van der Waals surface area contributed by atoms with Crippen molar-refractivity contribution >= 4 is 62.3 Å². The van der Waals surface area contributed by atoms with Gasteiger partial charge in [0.25, 0.3) is 0 Å². The molecule has 0 aromatic carbocycles. The first-order valence-electron chi connectivity index (χ1n) is 9.90. The third-order valence-corrected chi connectivity index (χ3v) is 6.07. The standard InChI is InChI=1S/C25H16BrN5/c26-25-22-10-6-17(30-22)13-15-4-8-20(28-15)24(19-3-1-2-12-27-19)21-9-5-16(29-21)14-18-7-11-23(25)31-18/h1-14,28-29H. The fourth-order valence-electron chi connectivity index (χ4n) is 3.83. The summed E-state index contributed by atoms with van der Waals surface area (Å²) in [7, 11) is 0. The molecule has 8 bridgehead atoms. The third kappa shape index (κ3) is 3.31. The van der Waals surface area contributed by atoms with Crippen LogP contribution in [0.2, 0.25) is 0 Å².